The number of halogens is 3. The number of hydrogen-bond acceptors (Lipinski definition) is 2. The monoisotopic (exact) mass is 399 g/mol. The molecule has 0 aliphatic heterocycles. The maximum atomic E-state index is 13.1. The van der Waals surface area contributed by atoms with Crippen molar-refractivity contribution < 1.29 is 23.1 Å². The van der Waals surface area contributed by atoms with E-state index in [1.54, 1.807) is 91.9 Å². The number of rotatable bonds is 5. The molecule has 0 saturated heterocycles. The molecule has 3 aromatic carbocycles. The third-order valence-corrected chi connectivity index (χ3v) is 4.88. The van der Waals surface area contributed by atoms with E-state index in [1.807, 2.05) is 5.32 Å². The third kappa shape index (κ3) is 4.17. The van der Waals surface area contributed by atoms with Crippen molar-refractivity contribution in [2.45, 2.75) is 24.7 Å². The molecule has 6 heteroatoms. The number of carbonyl (C=O) groups is 1. The first-order valence-electron chi connectivity index (χ1n) is 9.01. The van der Waals surface area contributed by atoms with Gasteiger partial charge in [0, 0.05) is 0 Å². The topological polar surface area (TPSA) is 49.3 Å². The smallest absolute Gasteiger partial charge is 0.378 e. The number of aliphatic hydroxyl groups is 1. The van der Waals surface area contributed by atoms with E-state index in [9.17, 15) is 23.1 Å². The van der Waals surface area contributed by atoms with Crippen molar-refractivity contribution in [3.8, 4) is 0 Å². The van der Waals surface area contributed by atoms with Gasteiger partial charge in [-0.25, -0.2) is 0 Å². The fourth-order valence-electron chi connectivity index (χ4n) is 3.42. The average molecular weight is 399 g/mol. The third-order valence-electron chi connectivity index (χ3n) is 4.88. The van der Waals surface area contributed by atoms with Crippen molar-refractivity contribution in [3.63, 3.8) is 0 Å². The van der Waals surface area contributed by atoms with E-state index in [0.29, 0.717) is 22.3 Å². The Morgan fingerprint density at radius 2 is 1.28 bits per heavy atom. The Labute approximate surface area is 166 Å². The first-order valence-corrected chi connectivity index (χ1v) is 9.01. The zero-order valence-electron chi connectivity index (χ0n) is 15.6. The van der Waals surface area contributed by atoms with E-state index >= 15 is 0 Å². The van der Waals surface area contributed by atoms with E-state index in [-0.39, 0.29) is 0 Å². The predicted molar refractivity (Wildman–Crippen MR) is 104 cm³/mol. The predicted octanol–water partition coefficient (Wildman–Crippen LogP) is 4.65. The highest BCUT2D eigenvalue weighted by atomic mass is 19.4. The van der Waals surface area contributed by atoms with E-state index in [0.717, 1.165) is 0 Å². The molecule has 3 nitrogen and oxygen atoms in total. The van der Waals surface area contributed by atoms with Crippen LogP contribution in [0.15, 0.2) is 84.9 Å². The summed E-state index contributed by atoms with van der Waals surface area (Å²) in [5.41, 5.74) is -0.176. The molecule has 0 aromatic heterocycles. The molecule has 0 aliphatic carbocycles. The Hall–Kier alpha value is -3.12. The summed E-state index contributed by atoms with van der Waals surface area (Å²) < 4.78 is 39.4. The zero-order chi connectivity index (χ0) is 21.1. The standard InChI is InChI=1S/C23H20F3NO2/c1-16-10-8-9-15-19(16)20(27-21(28)23(24,25)26)22(29,17-11-4-2-5-12-17)18-13-6-3-7-14-18/h2-15,20,29H,1H3,(H,27,28). The average Bonchev–Trinajstić information content (AvgIpc) is 2.72. The van der Waals surface area contributed by atoms with Gasteiger partial charge in [0.05, 0.1) is 6.04 Å². The molecule has 150 valence electrons. The van der Waals surface area contributed by atoms with Gasteiger partial charge < -0.3 is 10.4 Å². The second kappa shape index (κ2) is 8.09. The van der Waals surface area contributed by atoms with Gasteiger partial charge in [-0.3, -0.25) is 4.79 Å². The molecule has 1 atom stereocenters. The molecule has 0 fully saturated rings. The summed E-state index contributed by atoms with van der Waals surface area (Å²) in [6.45, 7) is 1.72. The number of hydrogen-bond donors (Lipinski definition) is 2. The van der Waals surface area contributed by atoms with Gasteiger partial charge in [-0.2, -0.15) is 13.2 Å². The van der Waals surface area contributed by atoms with Gasteiger partial charge in [-0.05, 0) is 29.2 Å². The van der Waals surface area contributed by atoms with E-state index < -0.39 is 23.7 Å². The maximum absolute atomic E-state index is 13.1. The molecular weight excluding hydrogens is 379 g/mol. The Kier molecular flexibility index (Phi) is 5.75. The van der Waals surface area contributed by atoms with Gasteiger partial charge in [0.1, 0.15) is 5.60 Å². The molecule has 0 heterocycles. The largest absolute Gasteiger partial charge is 0.471 e. The minimum atomic E-state index is -5.09. The van der Waals surface area contributed by atoms with Crippen molar-refractivity contribution in [2.75, 3.05) is 0 Å². The summed E-state index contributed by atoms with van der Waals surface area (Å²) in [7, 11) is 0. The van der Waals surface area contributed by atoms with Crippen molar-refractivity contribution >= 4 is 5.91 Å². The molecule has 0 bridgehead atoms. The summed E-state index contributed by atoms with van der Waals surface area (Å²) in [6.07, 6.45) is -5.09. The minimum Gasteiger partial charge on any atom is -0.378 e. The quantitative estimate of drug-likeness (QED) is 0.656. The Bertz CT molecular complexity index is 933. The van der Waals surface area contributed by atoms with E-state index in [4.69, 9.17) is 0 Å². The van der Waals surface area contributed by atoms with Crippen LogP contribution in [-0.2, 0) is 10.4 Å². The lowest BCUT2D eigenvalue weighted by molar-refractivity contribution is -0.176. The zero-order valence-corrected chi connectivity index (χ0v) is 15.6. The number of aryl methyl sites for hydroxylation is 1. The minimum absolute atomic E-state index is 0.363. The van der Waals surface area contributed by atoms with Crippen LogP contribution in [0.3, 0.4) is 0 Å². The number of benzene rings is 3. The van der Waals surface area contributed by atoms with Gasteiger partial charge in [0.25, 0.3) is 0 Å². The number of amides is 1. The van der Waals surface area contributed by atoms with Crippen molar-refractivity contribution in [1.82, 2.24) is 5.32 Å². The normalized spacial score (nSPS) is 13.0. The molecule has 29 heavy (non-hydrogen) atoms. The first kappa shape index (κ1) is 20.6. The Morgan fingerprint density at radius 1 is 0.828 bits per heavy atom. The van der Waals surface area contributed by atoms with Crippen LogP contribution in [0.25, 0.3) is 0 Å². The lowest BCUT2D eigenvalue weighted by Crippen LogP contribution is -2.49. The van der Waals surface area contributed by atoms with Gasteiger partial charge in [-0.15, -0.1) is 0 Å². The van der Waals surface area contributed by atoms with Crippen LogP contribution in [0, 0.1) is 6.92 Å². The van der Waals surface area contributed by atoms with Gasteiger partial charge in [0.2, 0.25) is 0 Å². The van der Waals surface area contributed by atoms with Gasteiger partial charge in [-0.1, -0.05) is 84.9 Å². The van der Waals surface area contributed by atoms with Gasteiger partial charge in [0.15, 0.2) is 0 Å². The van der Waals surface area contributed by atoms with E-state index in [2.05, 4.69) is 0 Å². The van der Waals surface area contributed by atoms with E-state index in [1.165, 1.54) is 0 Å². The second-order valence-corrected chi connectivity index (χ2v) is 6.76. The fraction of sp³-hybridized carbons (Fsp3) is 0.174. The highest BCUT2D eigenvalue weighted by Gasteiger charge is 2.47. The highest BCUT2D eigenvalue weighted by molar-refractivity contribution is 5.82. The van der Waals surface area contributed by atoms with Crippen LogP contribution in [0.2, 0.25) is 0 Å². The molecule has 0 aliphatic rings. The molecule has 0 saturated carbocycles. The summed E-state index contributed by atoms with van der Waals surface area (Å²) in [6, 6.07) is 22.1. The summed E-state index contributed by atoms with van der Waals surface area (Å²) in [5, 5.41) is 14.0. The first-order chi connectivity index (χ1) is 13.7. The number of alkyl halides is 3. The lowest BCUT2D eigenvalue weighted by Gasteiger charge is -2.38. The molecule has 3 aromatic rings. The molecule has 1 amide bonds. The van der Waals surface area contributed by atoms with Crippen LogP contribution in [0.5, 0.6) is 0 Å². The summed E-state index contributed by atoms with van der Waals surface area (Å²) in [5.74, 6) is -2.11. The van der Waals surface area contributed by atoms with Crippen molar-refractivity contribution in [3.05, 3.63) is 107 Å². The van der Waals surface area contributed by atoms with Crippen molar-refractivity contribution in [1.29, 1.82) is 0 Å². The number of nitrogens with one attached hydrogen (secondary N) is 1. The van der Waals surface area contributed by atoms with Gasteiger partial charge >= 0.3 is 12.1 Å². The van der Waals surface area contributed by atoms with Crippen LogP contribution >= 0.6 is 0 Å². The maximum Gasteiger partial charge on any atom is 0.471 e. The molecule has 1 unspecified atom stereocenters. The van der Waals surface area contributed by atoms with Crippen LogP contribution in [0.1, 0.15) is 28.3 Å². The molecule has 0 radical (unpaired) electrons. The Morgan fingerprint density at radius 3 is 1.72 bits per heavy atom. The SMILES string of the molecule is Cc1ccccc1C(NC(=O)C(F)(F)F)C(O)(c1ccccc1)c1ccccc1. The molecule has 3 rings (SSSR count). The number of carbonyl (C=O) groups excluding carboxylic acids is 1. The summed E-state index contributed by atoms with van der Waals surface area (Å²) >= 11 is 0. The van der Waals surface area contributed by atoms with Crippen LogP contribution in [0.4, 0.5) is 13.2 Å². The molecule has 2 N–H and O–H groups in total. The lowest BCUT2D eigenvalue weighted by atomic mass is 9.76. The molecular formula is C23H20F3NO2. The fourth-order valence-corrected chi connectivity index (χ4v) is 3.42. The Balaban J connectivity index is 2.26. The van der Waals surface area contributed by atoms with Crippen LogP contribution in [-0.4, -0.2) is 17.2 Å². The van der Waals surface area contributed by atoms with Crippen LogP contribution < -0.4 is 5.32 Å². The van der Waals surface area contributed by atoms with Crippen molar-refractivity contribution in [2.24, 2.45) is 0 Å². The molecule has 0 spiro atoms. The summed E-state index contributed by atoms with van der Waals surface area (Å²) in [4.78, 5) is 11.9. The second-order valence-electron chi connectivity index (χ2n) is 6.76. The highest BCUT2D eigenvalue weighted by Crippen LogP contribution is 2.42.